The molecule has 0 radical (unpaired) electrons. The van der Waals surface area contributed by atoms with Crippen LogP contribution in [0.2, 0.25) is 0 Å². The number of alkyl halides is 2. The molecule has 1 fully saturated rings. The molecule has 2 aromatic carbocycles. The number of para-hydroxylation sites is 1. The van der Waals surface area contributed by atoms with Gasteiger partial charge >= 0.3 is 6.61 Å². The van der Waals surface area contributed by atoms with Crippen LogP contribution in [0.5, 0.6) is 23.0 Å². The van der Waals surface area contributed by atoms with Gasteiger partial charge in [0.1, 0.15) is 5.75 Å². The van der Waals surface area contributed by atoms with Crippen LogP contribution < -0.4 is 18.9 Å². The number of nitrogens with zero attached hydrogens (tertiary/aromatic N) is 2. The van der Waals surface area contributed by atoms with E-state index in [2.05, 4.69) is 4.74 Å². The van der Waals surface area contributed by atoms with E-state index in [-0.39, 0.29) is 23.6 Å². The number of carbonyl (C=O) groups is 2. The molecule has 0 aliphatic carbocycles. The van der Waals surface area contributed by atoms with Gasteiger partial charge in [-0.2, -0.15) is 8.78 Å². The van der Waals surface area contributed by atoms with E-state index in [1.54, 1.807) is 11.0 Å². The highest BCUT2D eigenvalue weighted by Gasteiger charge is 2.27. The van der Waals surface area contributed by atoms with Crippen LogP contribution in [0.4, 0.5) is 8.78 Å². The third kappa shape index (κ3) is 5.86. The molecule has 0 aromatic heterocycles. The Bertz CT molecular complexity index is 984. The van der Waals surface area contributed by atoms with Gasteiger partial charge < -0.3 is 28.7 Å². The smallest absolute Gasteiger partial charge is 0.387 e. The Kier molecular flexibility index (Phi) is 8.50. The summed E-state index contributed by atoms with van der Waals surface area (Å²) in [4.78, 5) is 28.8. The maximum Gasteiger partial charge on any atom is 0.387 e. The van der Waals surface area contributed by atoms with Gasteiger partial charge in [-0.05, 0) is 36.2 Å². The Labute approximate surface area is 196 Å². The van der Waals surface area contributed by atoms with Crippen molar-refractivity contribution in [2.45, 2.75) is 19.5 Å². The third-order valence-electron chi connectivity index (χ3n) is 5.61. The fraction of sp³-hybridized carbons (Fsp3) is 0.417. The lowest BCUT2D eigenvalue weighted by molar-refractivity contribution is -0.132. The minimum Gasteiger partial charge on any atom is -0.493 e. The fourth-order valence-electron chi connectivity index (χ4n) is 3.86. The molecule has 0 unspecified atom stereocenters. The molecule has 0 bridgehead atoms. The zero-order valence-corrected chi connectivity index (χ0v) is 19.4. The van der Waals surface area contributed by atoms with Crippen LogP contribution in [0.15, 0.2) is 36.4 Å². The van der Waals surface area contributed by atoms with E-state index in [4.69, 9.17) is 14.2 Å². The molecule has 8 nitrogen and oxygen atoms in total. The molecule has 1 saturated heterocycles. The zero-order chi connectivity index (χ0) is 24.7. The summed E-state index contributed by atoms with van der Waals surface area (Å²) in [6.07, 6.45) is 0.755. The summed E-state index contributed by atoms with van der Waals surface area (Å²) in [6, 6.07) is 9.53. The Balaban J connectivity index is 1.57. The van der Waals surface area contributed by atoms with Crippen molar-refractivity contribution < 1.29 is 37.3 Å². The maximum absolute atomic E-state index is 12.8. The average Bonchev–Trinajstić information content (AvgIpc) is 2.86. The lowest BCUT2D eigenvalue weighted by atomic mass is 10.1. The summed E-state index contributed by atoms with van der Waals surface area (Å²) in [5.41, 5.74) is 0.942. The Morgan fingerprint density at radius 1 is 0.882 bits per heavy atom. The Morgan fingerprint density at radius 2 is 1.47 bits per heavy atom. The van der Waals surface area contributed by atoms with Crippen molar-refractivity contribution in [1.29, 1.82) is 0 Å². The number of hydrogen-bond donors (Lipinski definition) is 0. The molecule has 2 amide bonds. The summed E-state index contributed by atoms with van der Waals surface area (Å²) in [5.74, 6) is 0.927. The van der Waals surface area contributed by atoms with Crippen LogP contribution in [0, 0.1) is 0 Å². The van der Waals surface area contributed by atoms with Crippen molar-refractivity contribution in [3.63, 3.8) is 0 Å². The molecule has 0 atom stereocenters. The fourth-order valence-corrected chi connectivity index (χ4v) is 3.86. The molecule has 1 heterocycles. The van der Waals surface area contributed by atoms with E-state index in [0.29, 0.717) is 49.8 Å². The number of rotatable bonds is 9. The number of carbonyl (C=O) groups excluding carboxylic acids is 2. The van der Waals surface area contributed by atoms with Crippen molar-refractivity contribution in [3.8, 4) is 23.0 Å². The Morgan fingerprint density at radius 3 is 2.03 bits per heavy atom. The summed E-state index contributed by atoms with van der Waals surface area (Å²) in [6.45, 7) is -1.70. The predicted octanol–water partition coefficient (Wildman–Crippen LogP) is 3.23. The standard InChI is InChI=1S/C24H28F2N2O6/c1-31-19-14-16(15-20(32-2)22(19)33-3)8-9-21(29)27-10-12-28(13-11-27)23(30)17-6-4-5-7-18(17)34-24(25)26/h4-7,14-15,24H,8-13H2,1-3H3. The third-order valence-corrected chi connectivity index (χ3v) is 5.61. The second-order valence-corrected chi connectivity index (χ2v) is 7.58. The van der Waals surface area contributed by atoms with Crippen LogP contribution in [0.3, 0.4) is 0 Å². The van der Waals surface area contributed by atoms with Crippen molar-refractivity contribution in [2.75, 3.05) is 47.5 Å². The van der Waals surface area contributed by atoms with Crippen LogP contribution in [0.25, 0.3) is 0 Å². The normalized spacial score (nSPS) is 13.6. The quantitative estimate of drug-likeness (QED) is 0.551. The van der Waals surface area contributed by atoms with Crippen molar-refractivity contribution in [3.05, 3.63) is 47.5 Å². The number of ether oxygens (including phenoxy) is 4. The first kappa shape index (κ1) is 25.1. The zero-order valence-electron chi connectivity index (χ0n) is 19.4. The van der Waals surface area contributed by atoms with Gasteiger partial charge in [-0.25, -0.2) is 0 Å². The molecule has 2 aromatic rings. The minimum absolute atomic E-state index is 0.0396. The van der Waals surface area contributed by atoms with E-state index in [1.807, 2.05) is 12.1 Å². The molecule has 184 valence electrons. The lowest BCUT2D eigenvalue weighted by Crippen LogP contribution is -2.50. The molecule has 0 spiro atoms. The molecule has 0 saturated carbocycles. The van der Waals surface area contributed by atoms with Crippen LogP contribution in [-0.4, -0.2) is 75.7 Å². The summed E-state index contributed by atoms with van der Waals surface area (Å²) in [5, 5.41) is 0. The summed E-state index contributed by atoms with van der Waals surface area (Å²) >= 11 is 0. The maximum atomic E-state index is 12.8. The van der Waals surface area contributed by atoms with E-state index in [0.717, 1.165) is 5.56 Å². The second-order valence-electron chi connectivity index (χ2n) is 7.58. The molecule has 1 aliphatic rings. The number of methoxy groups -OCH3 is 3. The number of benzene rings is 2. The van der Waals surface area contributed by atoms with Gasteiger partial charge in [-0.1, -0.05) is 12.1 Å². The van der Waals surface area contributed by atoms with Gasteiger partial charge in [-0.3, -0.25) is 9.59 Å². The van der Waals surface area contributed by atoms with Crippen molar-refractivity contribution >= 4 is 11.8 Å². The van der Waals surface area contributed by atoms with Gasteiger partial charge in [0, 0.05) is 32.6 Å². The predicted molar refractivity (Wildman–Crippen MR) is 120 cm³/mol. The molecule has 3 rings (SSSR count). The topological polar surface area (TPSA) is 77.5 Å². The van der Waals surface area contributed by atoms with Gasteiger partial charge in [0.2, 0.25) is 11.7 Å². The highest BCUT2D eigenvalue weighted by Crippen LogP contribution is 2.38. The van der Waals surface area contributed by atoms with Crippen LogP contribution >= 0.6 is 0 Å². The Hall–Kier alpha value is -3.56. The van der Waals surface area contributed by atoms with E-state index in [9.17, 15) is 18.4 Å². The summed E-state index contributed by atoms with van der Waals surface area (Å²) < 4.78 is 45.8. The van der Waals surface area contributed by atoms with Gasteiger partial charge in [0.15, 0.2) is 11.5 Å². The van der Waals surface area contributed by atoms with E-state index < -0.39 is 12.5 Å². The largest absolute Gasteiger partial charge is 0.493 e. The number of hydrogen-bond acceptors (Lipinski definition) is 6. The number of amides is 2. The monoisotopic (exact) mass is 478 g/mol. The van der Waals surface area contributed by atoms with Gasteiger partial charge in [0.05, 0.1) is 26.9 Å². The van der Waals surface area contributed by atoms with E-state index in [1.165, 1.54) is 44.4 Å². The van der Waals surface area contributed by atoms with Crippen molar-refractivity contribution in [2.24, 2.45) is 0 Å². The molecule has 0 N–H and O–H groups in total. The second kappa shape index (κ2) is 11.5. The van der Waals surface area contributed by atoms with Gasteiger partial charge in [0.25, 0.3) is 5.91 Å². The first-order valence-electron chi connectivity index (χ1n) is 10.8. The number of halogens is 2. The van der Waals surface area contributed by atoms with Crippen molar-refractivity contribution in [1.82, 2.24) is 9.80 Å². The SMILES string of the molecule is COc1cc(CCC(=O)N2CCN(C(=O)c3ccccc3OC(F)F)CC2)cc(OC)c1OC. The first-order chi connectivity index (χ1) is 16.4. The minimum atomic E-state index is -3.02. The summed E-state index contributed by atoms with van der Waals surface area (Å²) in [7, 11) is 4.59. The van der Waals surface area contributed by atoms with Gasteiger partial charge in [-0.15, -0.1) is 0 Å². The highest BCUT2D eigenvalue weighted by atomic mass is 19.3. The lowest BCUT2D eigenvalue weighted by Gasteiger charge is -2.35. The molecular weight excluding hydrogens is 450 g/mol. The average molecular weight is 478 g/mol. The van der Waals surface area contributed by atoms with E-state index >= 15 is 0 Å². The molecular formula is C24H28F2N2O6. The number of aryl methyl sites for hydroxylation is 1. The first-order valence-corrected chi connectivity index (χ1v) is 10.8. The van der Waals surface area contributed by atoms with Crippen LogP contribution in [-0.2, 0) is 11.2 Å². The van der Waals surface area contributed by atoms with Crippen LogP contribution in [0.1, 0.15) is 22.3 Å². The molecule has 34 heavy (non-hydrogen) atoms. The highest BCUT2D eigenvalue weighted by molar-refractivity contribution is 5.97. The number of piperazine rings is 1. The molecule has 10 heteroatoms. The molecule has 1 aliphatic heterocycles.